The van der Waals surface area contributed by atoms with Gasteiger partial charge in [-0.15, -0.1) is 0 Å². The molecular weight excluding hydrogens is 839 g/mol. The highest BCUT2D eigenvalue weighted by Gasteiger charge is 2.55. The quantitative estimate of drug-likeness (QED) is 0.0663. The van der Waals surface area contributed by atoms with E-state index in [9.17, 15) is 5.26 Å². The van der Waals surface area contributed by atoms with Gasteiger partial charge in [0.15, 0.2) is 30.9 Å². The summed E-state index contributed by atoms with van der Waals surface area (Å²) in [6.45, 7) is 9.33. The van der Waals surface area contributed by atoms with Crippen LogP contribution in [0.1, 0.15) is 117 Å². The average molecular weight is 908 g/mol. The zero-order chi connectivity index (χ0) is 48.2. The van der Waals surface area contributed by atoms with Crippen molar-refractivity contribution in [3.05, 3.63) is 227 Å². The number of nitrogens with zero attached hydrogens (tertiary/aromatic N) is 5. The molecule has 0 N–H and O–H groups in total. The van der Waals surface area contributed by atoms with Crippen molar-refractivity contribution in [1.29, 1.82) is 5.26 Å². The Morgan fingerprint density at radius 3 is 1.46 bits per heavy atom. The smallest absolute Gasteiger partial charge is 0.201 e. The molecular formula is C64H69N5+4. The number of unbranched alkanes of at least 4 members (excludes halogenated alkanes) is 2. The van der Waals surface area contributed by atoms with Crippen LogP contribution in [0.2, 0.25) is 0 Å². The summed E-state index contributed by atoms with van der Waals surface area (Å²) in [6, 6.07) is 61.1. The number of benzene rings is 4. The third kappa shape index (κ3) is 8.29. The van der Waals surface area contributed by atoms with Crippen LogP contribution in [-0.4, -0.2) is 0 Å². The molecule has 0 aliphatic carbocycles. The first-order chi connectivity index (χ1) is 33.7. The Hall–Kier alpha value is -7.03. The molecule has 0 amide bonds. The molecule has 346 valence electrons. The summed E-state index contributed by atoms with van der Waals surface area (Å²) in [6.07, 6.45) is 18.3. The lowest BCUT2D eigenvalue weighted by Crippen LogP contribution is -2.54. The lowest BCUT2D eigenvalue weighted by atomic mass is 9.69. The number of nitriles is 1. The fourth-order valence-electron chi connectivity index (χ4n) is 11.9. The molecule has 8 aromatic rings. The van der Waals surface area contributed by atoms with Crippen molar-refractivity contribution in [2.45, 2.75) is 102 Å². The van der Waals surface area contributed by atoms with Crippen LogP contribution >= 0.6 is 0 Å². The molecule has 0 fully saturated rings. The number of hydrogen-bond donors (Lipinski definition) is 0. The molecule has 5 heteroatoms. The number of fused-ring (bicyclic) bond motifs is 3. The van der Waals surface area contributed by atoms with Crippen LogP contribution < -0.4 is 18.3 Å². The number of aromatic nitrogens is 4. The van der Waals surface area contributed by atoms with E-state index in [0.717, 1.165) is 72.2 Å². The van der Waals surface area contributed by atoms with Gasteiger partial charge in [-0.1, -0.05) is 101 Å². The Labute approximate surface area is 411 Å². The molecule has 69 heavy (non-hydrogen) atoms. The molecule has 1 atom stereocenters. The lowest BCUT2D eigenvalue weighted by molar-refractivity contribution is -0.714. The molecule has 0 spiro atoms. The van der Waals surface area contributed by atoms with E-state index in [1.54, 1.807) is 0 Å². The van der Waals surface area contributed by atoms with Crippen LogP contribution in [0.25, 0.3) is 33.9 Å². The molecule has 5 heterocycles. The van der Waals surface area contributed by atoms with Crippen LogP contribution in [0.4, 0.5) is 0 Å². The molecule has 1 aliphatic rings. The molecule has 0 saturated carbocycles. The third-order valence-corrected chi connectivity index (χ3v) is 16.1. The fraction of sp³-hybridized carbons (Fsp3) is 0.297. The Morgan fingerprint density at radius 2 is 0.899 bits per heavy atom. The molecule has 0 radical (unpaired) electrons. The number of rotatable bonds is 17. The van der Waals surface area contributed by atoms with Gasteiger partial charge in [0.05, 0.1) is 22.3 Å². The van der Waals surface area contributed by atoms with Crippen molar-refractivity contribution in [3.8, 4) is 40.0 Å². The molecule has 0 saturated heterocycles. The minimum Gasteiger partial charge on any atom is -0.201 e. The van der Waals surface area contributed by atoms with E-state index in [0.29, 0.717) is 0 Å². The normalized spacial score (nSPS) is 14.3. The Bertz CT molecular complexity index is 3130. The molecule has 4 aromatic carbocycles. The maximum atomic E-state index is 11.4. The van der Waals surface area contributed by atoms with E-state index >= 15 is 0 Å². The SMILES string of the molecule is CCC(CC)(c1ccc(CCCCCc2ccc(C(CC)(CC)c3cc[n+](C)c(-c4cccc[n+]4C)c3)cc2)cc1)c1ccc2c(c1)-c1cccc[n+]1C2(C#N)c1ccccc1-c1cccc[n+]1C. The molecule has 5 nitrogen and oxygen atoms in total. The summed E-state index contributed by atoms with van der Waals surface area (Å²) in [5.41, 5.74) is 15.8. The summed E-state index contributed by atoms with van der Waals surface area (Å²) in [5.74, 6) is 0. The number of hydrogen-bond acceptors (Lipinski definition) is 1. The summed E-state index contributed by atoms with van der Waals surface area (Å²) in [4.78, 5) is 0. The van der Waals surface area contributed by atoms with Crippen molar-refractivity contribution < 1.29 is 18.3 Å². The van der Waals surface area contributed by atoms with Gasteiger partial charge in [-0.25, -0.2) is 4.57 Å². The highest BCUT2D eigenvalue weighted by molar-refractivity contribution is 5.75. The van der Waals surface area contributed by atoms with Crippen molar-refractivity contribution in [2.75, 3.05) is 0 Å². The predicted molar refractivity (Wildman–Crippen MR) is 278 cm³/mol. The molecule has 4 aromatic heterocycles. The highest BCUT2D eigenvalue weighted by atomic mass is 15.1. The van der Waals surface area contributed by atoms with Crippen LogP contribution in [0.15, 0.2) is 183 Å². The van der Waals surface area contributed by atoms with Gasteiger partial charge in [0.2, 0.25) is 11.4 Å². The van der Waals surface area contributed by atoms with Gasteiger partial charge in [-0.05, 0) is 127 Å². The monoisotopic (exact) mass is 908 g/mol. The van der Waals surface area contributed by atoms with Crippen molar-refractivity contribution in [3.63, 3.8) is 0 Å². The van der Waals surface area contributed by atoms with Crippen LogP contribution in [-0.2, 0) is 50.4 Å². The van der Waals surface area contributed by atoms with Gasteiger partial charge in [0.1, 0.15) is 21.1 Å². The van der Waals surface area contributed by atoms with Crippen molar-refractivity contribution in [1.82, 2.24) is 0 Å². The summed E-state index contributed by atoms with van der Waals surface area (Å²) in [5, 5.41) is 11.4. The second-order valence-corrected chi connectivity index (χ2v) is 19.4. The Morgan fingerprint density at radius 1 is 0.420 bits per heavy atom. The van der Waals surface area contributed by atoms with Crippen molar-refractivity contribution in [2.24, 2.45) is 21.1 Å². The zero-order valence-corrected chi connectivity index (χ0v) is 41.9. The Kier molecular flexibility index (Phi) is 13.6. The maximum Gasteiger partial charge on any atom is 0.306 e. The summed E-state index contributed by atoms with van der Waals surface area (Å²) in [7, 11) is 6.34. The fourth-order valence-corrected chi connectivity index (χ4v) is 11.9. The van der Waals surface area contributed by atoms with Gasteiger partial charge in [-0.2, -0.15) is 19.0 Å². The topological polar surface area (TPSA) is 39.3 Å². The van der Waals surface area contributed by atoms with Gasteiger partial charge in [-0.3, -0.25) is 0 Å². The minimum absolute atomic E-state index is 0.0367. The van der Waals surface area contributed by atoms with Crippen LogP contribution in [0.5, 0.6) is 0 Å². The minimum atomic E-state index is -1.03. The lowest BCUT2D eigenvalue weighted by Gasteiger charge is -2.34. The molecule has 9 rings (SSSR count). The second-order valence-electron chi connectivity index (χ2n) is 19.4. The average Bonchev–Trinajstić information content (AvgIpc) is 3.68. The zero-order valence-electron chi connectivity index (χ0n) is 41.9. The Balaban J connectivity index is 0.884. The van der Waals surface area contributed by atoms with E-state index in [-0.39, 0.29) is 10.8 Å². The van der Waals surface area contributed by atoms with E-state index in [2.05, 4.69) is 244 Å². The highest BCUT2D eigenvalue weighted by Crippen LogP contribution is 2.48. The predicted octanol–water partition coefficient (Wildman–Crippen LogP) is 12.2. The molecule has 1 unspecified atom stereocenters. The third-order valence-electron chi connectivity index (χ3n) is 16.1. The van der Waals surface area contributed by atoms with Gasteiger partial charge in [0.25, 0.3) is 11.4 Å². The van der Waals surface area contributed by atoms with Gasteiger partial charge >= 0.3 is 5.54 Å². The maximum absolute atomic E-state index is 11.4. The van der Waals surface area contributed by atoms with Gasteiger partial charge in [0, 0.05) is 59.4 Å². The van der Waals surface area contributed by atoms with Crippen LogP contribution in [0, 0.1) is 11.3 Å². The van der Waals surface area contributed by atoms with Gasteiger partial charge < -0.3 is 0 Å². The number of aryl methyl sites for hydroxylation is 5. The van der Waals surface area contributed by atoms with E-state index < -0.39 is 5.54 Å². The van der Waals surface area contributed by atoms with E-state index in [1.807, 2.05) is 12.1 Å². The summed E-state index contributed by atoms with van der Waals surface area (Å²) < 4.78 is 8.78. The molecule has 0 bridgehead atoms. The van der Waals surface area contributed by atoms with E-state index in [1.165, 1.54) is 64.0 Å². The molecule has 1 aliphatic heterocycles. The standard InChI is InChI=1S/C64H69N5/c1-8-62(9-2,52-38-39-57-55(45-52)59-28-19-22-43-69(59)64(57,47-65)56-26-16-15-25-54(56)58-27-17-20-41-66(58)5)50-34-30-48(31-35-50)23-13-12-14-24-49-32-36-51(37-33-49)63(10-3,11-4)53-40-44-68(7)61(46-53)60-29-18-21-42-67(60)6/h15-22,25-46H,8-14,23-24H2,1-7H3/q+4. The largest absolute Gasteiger partial charge is 0.306 e. The first-order valence-corrected chi connectivity index (χ1v) is 25.4. The van der Waals surface area contributed by atoms with Crippen LogP contribution in [0.3, 0.4) is 0 Å². The number of pyridine rings is 4. The first kappa shape index (κ1) is 47.1. The van der Waals surface area contributed by atoms with E-state index in [4.69, 9.17) is 0 Å². The second kappa shape index (κ2) is 19.9. The summed E-state index contributed by atoms with van der Waals surface area (Å²) >= 11 is 0. The van der Waals surface area contributed by atoms with Crippen molar-refractivity contribution >= 4 is 0 Å². The first-order valence-electron chi connectivity index (χ1n) is 25.4.